The van der Waals surface area contributed by atoms with E-state index in [2.05, 4.69) is 0 Å². The maximum Gasteiger partial charge on any atom is 0.300 e. The first-order valence-corrected chi connectivity index (χ1v) is 10.8. The Balaban J connectivity index is 2.02. The van der Waals surface area contributed by atoms with Crippen LogP contribution in [-0.4, -0.2) is 31.0 Å². The number of aliphatic hydroxyl groups excluding tert-OH is 1. The van der Waals surface area contributed by atoms with Crippen LogP contribution in [0.2, 0.25) is 10.0 Å². The molecule has 0 radical (unpaired) electrons. The molecule has 174 valence electrons. The molecule has 1 N–H and O–H groups in total. The number of nitrogens with zero attached hydrogens (tertiary/aromatic N) is 1. The zero-order valence-corrected chi connectivity index (χ0v) is 19.5. The third-order valence-corrected chi connectivity index (χ3v) is 6.23. The topological polar surface area (TPSA) is 76.1 Å². The quantitative estimate of drug-likeness (QED) is 0.272. The number of methoxy groups -OCH3 is 2. The van der Waals surface area contributed by atoms with Gasteiger partial charge in [0, 0.05) is 11.3 Å². The molecule has 1 amide bonds. The number of aliphatic hydroxyl groups is 1. The number of ether oxygens (including phenoxy) is 2. The number of carbonyl (C=O) groups excluding carboxylic acids is 2. The molecule has 0 bridgehead atoms. The molecular formula is C25H18Cl2FNO5. The van der Waals surface area contributed by atoms with E-state index in [0.29, 0.717) is 5.75 Å². The second-order valence-electron chi connectivity index (χ2n) is 7.36. The molecule has 3 aromatic rings. The van der Waals surface area contributed by atoms with Gasteiger partial charge in [0.2, 0.25) is 0 Å². The Morgan fingerprint density at radius 3 is 2.35 bits per heavy atom. The van der Waals surface area contributed by atoms with Crippen molar-refractivity contribution in [3.63, 3.8) is 0 Å². The first-order chi connectivity index (χ1) is 16.3. The Hall–Kier alpha value is -3.55. The molecule has 0 saturated carbocycles. The lowest BCUT2D eigenvalue weighted by Gasteiger charge is -2.26. The molecule has 1 heterocycles. The van der Waals surface area contributed by atoms with Crippen molar-refractivity contribution in [1.82, 2.24) is 0 Å². The van der Waals surface area contributed by atoms with Crippen LogP contribution in [0.1, 0.15) is 17.2 Å². The molecule has 3 aromatic carbocycles. The SMILES string of the molecule is COc1ccc(OC)c(/C(O)=C2\C(=O)C(=O)N(c3ccc(Cl)c(Cl)c3)C2c2ccccc2F)c1. The van der Waals surface area contributed by atoms with Crippen LogP contribution < -0.4 is 14.4 Å². The Kier molecular flexibility index (Phi) is 6.50. The number of Topliss-reactive ketones (excluding diaryl/α,β-unsaturated/α-hetero) is 1. The van der Waals surface area contributed by atoms with Crippen molar-refractivity contribution in [2.45, 2.75) is 6.04 Å². The number of rotatable bonds is 5. The highest BCUT2D eigenvalue weighted by Crippen LogP contribution is 2.45. The molecule has 1 aliphatic heterocycles. The van der Waals surface area contributed by atoms with Crippen molar-refractivity contribution in [2.75, 3.05) is 19.1 Å². The average molecular weight is 502 g/mol. The highest BCUT2D eigenvalue weighted by Gasteiger charge is 2.48. The van der Waals surface area contributed by atoms with E-state index in [1.807, 2.05) is 0 Å². The van der Waals surface area contributed by atoms with E-state index < -0.39 is 29.3 Å². The van der Waals surface area contributed by atoms with Gasteiger partial charge in [-0.05, 0) is 42.5 Å². The average Bonchev–Trinajstić information content (AvgIpc) is 3.10. The summed E-state index contributed by atoms with van der Waals surface area (Å²) in [6, 6.07) is 13.4. The summed E-state index contributed by atoms with van der Waals surface area (Å²) in [5.74, 6) is -2.56. The standard InChI is InChI=1S/C25H18Cl2FNO5/c1-33-14-8-10-20(34-2)16(12-14)23(30)21-22(15-5-3-4-6-19(15)28)29(25(32)24(21)31)13-7-9-17(26)18(27)11-13/h3-12,22,30H,1-2H3/b23-21+. The molecule has 4 rings (SSSR count). The number of ketones is 1. The van der Waals surface area contributed by atoms with Crippen LogP contribution in [0.3, 0.4) is 0 Å². The second-order valence-corrected chi connectivity index (χ2v) is 8.17. The van der Waals surface area contributed by atoms with E-state index in [-0.39, 0.29) is 38.2 Å². The van der Waals surface area contributed by atoms with Gasteiger partial charge in [-0.2, -0.15) is 0 Å². The van der Waals surface area contributed by atoms with Crippen molar-refractivity contribution >= 4 is 46.3 Å². The van der Waals surface area contributed by atoms with Gasteiger partial charge in [0.25, 0.3) is 11.7 Å². The maximum atomic E-state index is 15.0. The minimum absolute atomic E-state index is 0.0104. The van der Waals surface area contributed by atoms with E-state index in [4.69, 9.17) is 32.7 Å². The fourth-order valence-electron chi connectivity index (χ4n) is 3.87. The number of anilines is 1. The Labute approximate surface area is 204 Å². The number of benzene rings is 3. The second kappa shape index (κ2) is 9.37. The number of amides is 1. The number of carbonyl (C=O) groups is 2. The fourth-order valence-corrected chi connectivity index (χ4v) is 4.16. The smallest absolute Gasteiger partial charge is 0.300 e. The van der Waals surface area contributed by atoms with Gasteiger partial charge in [0.1, 0.15) is 23.1 Å². The van der Waals surface area contributed by atoms with Crippen LogP contribution in [0.15, 0.2) is 66.2 Å². The third kappa shape index (κ3) is 3.97. The summed E-state index contributed by atoms with van der Waals surface area (Å²) in [6.45, 7) is 0. The maximum absolute atomic E-state index is 15.0. The van der Waals surface area contributed by atoms with Crippen molar-refractivity contribution in [3.8, 4) is 11.5 Å². The molecule has 1 unspecified atom stereocenters. The molecule has 0 aliphatic carbocycles. The Morgan fingerprint density at radius 2 is 1.71 bits per heavy atom. The minimum atomic E-state index is -1.28. The number of hydrogen-bond acceptors (Lipinski definition) is 5. The highest BCUT2D eigenvalue weighted by atomic mass is 35.5. The van der Waals surface area contributed by atoms with Gasteiger partial charge in [-0.1, -0.05) is 41.4 Å². The largest absolute Gasteiger partial charge is 0.507 e. The lowest BCUT2D eigenvalue weighted by molar-refractivity contribution is -0.132. The lowest BCUT2D eigenvalue weighted by Crippen LogP contribution is -2.29. The predicted molar refractivity (Wildman–Crippen MR) is 127 cm³/mol. The number of halogens is 3. The van der Waals surface area contributed by atoms with E-state index in [1.54, 1.807) is 18.2 Å². The predicted octanol–water partition coefficient (Wildman–Crippen LogP) is 5.78. The zero-order valence-electron chi connectivity index (χ0n) is 18.0. The summed E-state index contributed by atoms with van der Waals surface area (Å²) in [6.07, 6.45) is 0. The van der Waals surface area contributed by atoms with Crippen molar-refractivity contribution in [2.24, 2.45) is 0 Å². The van der Waals surface area contributed by atoms with Gasteiger partial charge in [0.05, 0.1) is 41.4 Å². The van der Waals surface area contributed by atoms with Crippen LogP contribution in [-0.2, 0) is 9.59 Å². The first kappa shape index (κ1) is 23.6. The van der Waals surface area contributed by atoms with Crippen LogP contribution >= 0.6 is 23.2 Å². The van der Waals surface area contributed by atoms with E-state index >= 15 is 0 Å². The summed E-state index contributed by atoms with van der Waals surface area (Å²) in [4.78, 5) is 27.5. The molecule has 1 saturated heterocycles. The van der Waals surface area contributed by atoms with Crippen molar-refractivity contribution in [1.29, 1.82) is 0 Å². The molecular weight excluding hydrogens is 484 g/mol. The molecule has 34 heavy (non-hydrogen) atoms. The van der Waals surface area contributed by atoms with E-state index in [1.165, 1.54) is 56.7 Å². The minimum Gasteiger partial charge on any atom is -0.507 e. The first-order valence-electron chi connectivity index (χ1n) is 10.0. The van der Waals surface area contributed by atoms with Crippen molar-refractivity contribution < 1.29 is 28.6 Å². The van der Waals surface area contributed by atoms with Gasteiger partial charge in [-0.25, -0.2) is 4.39 Å². The van der Waals surface area contributed by atoms with Gasteiger partial charge >= 0.3 is 0 Å². The summed E-state index contributed by atoms with van der Waals surface area (Å²) in [7, 11) is 2.83. The third-order valence-electron chi connectivity index (χ3n) is 5.49. The molecule has 6 nitrogen and oxygen atoms in total. The number of hydrogen-bond donors (Lipinski definition) is 1. The lowest BCUT2D eigenvalue weighted by atomic mass is 9.94. The van der Waals surface area contributed by atoms with Crippen LogP contribution in [0, 0.1) is 5.82 Å². The summed E-state index contributed by atoms with van der Waals surface area (Å²) in [5.41, 5.74) is 0.0145. The molecule has 0 spiro atoms. The Bertz CT molecular complexity index is 1340. The highest BCUT2D eigenvalue weighted by molar-refractivity contribution is 6.52. The monoisotopic (exact) mass is 501 g/mol. The normalized spacial score (nSPS) is 17.2. The summed E-state index contributed by atoms with van der Waals surface area (Å²) < 4.78 is 25.5. The van der Waals surface area contributed by atoms with Gasteiger partial charge in [0.15, 0.2) is 0 Å². The van der Waals surface area contributed by atoms with E-state index in [9.17, 15) is 19.1 Å². The van der Waals surface area contributed by atoms with Crippen LogP contribution in [0.5, 0.6) is 11.5 Å². The van der Waals surface area contributed by atoms with Crippen LogP contribution in [0.4, 0.5) is 10.1 Å². The van der Waals surface area contributed by atoms with Crippen LogP contribution in [0.25, 0.3) is 5.76 Å². The molecule has 1 aliphatic rings. The summed E-state index contributed by atoms with van der Waals surface area (Å²) in [5, 5.41) is 11.7. The molecule has 9 heteroatoms. The van der Waals surface area contributed by atoms with Crippen molar-refractivity contribution in [3.05, 3.63) is 93.2 Å². The summed E-state index contributed by atoms with van der Waals surface area (Å²) >= 11 is 12.2. The Morgan fingerprint density at radius 1 is 0.971 bits per heavy atom. The zero-order chi connectivity index (χ0) is 24.6. The van der Waals surface area contributed by atoms with E-state index in [0.717, 1.165) is 4.90 Å². The van der Waals surface area contributed by atoms with Gasteiger partial charge in [-0.3, -0.25) is 14.5 Å². The molecule has 0 aromatic heterocycles. The van der Waals surface area contributed by atoms with Gasteiger partial charge in [-0.15, -0.1) is 0 Å². The van der Waals surface area contributed by atoms with Gasteiger partial charge < -0.3 is 14.6 Å². The molecule has 1 atom stereocenters. The molecule has 1 fully saturated rings. The fraction of sp³-hybridized carbons (Fsp3) is 0.120.